The Morgan fingerprint density at radius 3 is 2.29 bits per heavy atom. The molecule has 2 rings (SSSR count). The maximum atomic E-state index is 12.5. The standard InChI is InChI=1S/C15H18N2O4/c16-12(18)9-11(13(19)20)17-14(21)15(7-4-8-15)10-5-2-1-3-6-10/h1-3,5-6,11H,4,7-9H2,(H2,16,18)(H,17,21)(H,19,20)/t11-/m0/s1. The van der Waals surface area contributed by atoms with Gasteiger partial charge in [-0.2, -0.15) is 0 Å². The van der Waals surface area contributed by atoms with Gasteiger partial charge in [-0.3, -0.25) is 9.59 Å². The molecule has 1 aromatic carbocycles. The minimum absolute atomic E-state index is 0.353. The molecule has 0 saturated heterocycles. The largest absolute Gasteiger partial charge is 0.480 e. The second-order valence-electron chi connectivity index (χ2n) is 5.34. The van der Waals surface area contributed by atoms with Crippen molar-refractivity contribution in [2.45, 2.75) is 37.1 Å². The molecule has 0 aliphatic heterocycles. The van der Waals surface area contributed by atoms with E-state index in [0.717, 1.165) is 12.0 Å². The fourth-order valence-electron chi connectivity index (χ4n) is 2.63. The molecule has 0 radical (unpaired) electrons. The van der Waals surface area contributed by atoms with E-state index in [-0.39, 0.29) is 5.91 Å². The van der Waals surface area contributed by atoms with E-state index in [2.05, 4.69) is 5.32 Å². The Morgan fingerprint density at radius 2 is 1.86 bits per heavy atom. The van der Waals surface area contributed by atoms with E-state index in [1.54, 1.807) is 0 Å². The highest BCUT2D eigenvalue weighted by molar-refractivity contribution is 5.93. The number of hydrogen-bond donors (Lipinski definition) is 3. The average molecular weight is 290 g/mol. The number of benzene rings is 1. The minimum Gasteiger partial charge on any atom is -0.480 e. The van der Waals surface area contributed by atoms with Gasteiger partial charge in [-0.1, -0.05) is 36.8 Å². The zero-order valence-corrected chi connectivity index (χ0v) is 11.5. The molecule has 0 bridgehead atoms. The van der Waals surface area contributed by atoms with Gasteiger partial charge < -0.3 is 16.2 Å². The van der Waals surface area contributed by atoms with E-state index >= 15 is 0 Å². The molecule has 112 valence electrons. The number of carboxylic acids is 1. The molecule has 1 atom stereocenters. The Balaban J connectivity index is 2.17. The summed E-state index contributed by atoms with van der Waals surface area (Å²) in [6.45, 7) is 0. The lowest BCUT2D eigenvalue weighted by atomic mass is 9.63. The van der Waals surface area contributed by atoms with E-state index in [1.807, 2.05) is 30.3 Å². The molecule has 2 amide bonds. The molecule has 0 spiro atoms. The molecule has 1 aromatic rings. The highest BCUT2D eigenvalue weighted by Crippen LogP contribution is 2.43. The molecular weight excluding hydrogens is 272 g/mol. The maximum Gasteiger partial charge on any atom is 0.326 e. The van der Waals surface area contributed by atoms with Gasteiger partial charge in [0, 0.05) is 0 Å². The third-order valence-corrected chi connectivity index (χ3v) is 3.98. The number of nitrogens with one attached hydrogen (secondary N) is 1. The fourth-order valence-corrected chi connectivity index (χ4v) is 2.63. The normalized spacial score (nSPS) is 17.3. The Morgan fingerprint density at radius 1 is 1.24 bits per heavy atom. The third kappa shape index (κ3) is 3.04. The van der Waals surface area contributed by atoms with Crippen molar-refractivity contribution in [3.63, 3.8) is 0 Å². The molecule has 1 saturated carbocycles. The van der Waals surface area contributed by atoms with Gasteiger partial charge in [0.2, 0.25) is 11.8 Å². The summed E-state index contributed by atoms with van der Waals surface area (Å²) in [5.74, 6) is -2.37. The number of aliphatic carboxylic acids is 1. The van der Waals surface area contributed by atoms with Crippen molar-refractivity contribution in [2.75, 3.05) is 0 Å². The van der Waals surface area contributed by atoms with Crippen molar-refractivity contribution in [1.82, 2.24) is 5.32 Å². The predicted molar refractivity (Wildman–Crippen MR) is 75.3 cm³/mol. The molecule has 1 aliphatic carbocycles. The first-order chi connectivity index (χ1) is 9.95. The molecule has 1 aliphatic rings. The second-order valence-corrected chi connectivity index (χ2v) is 5.34. The van der Waals surface area contributed by atoms with E-state index in [4.69, 9.17) is 10.8 Å². The zero-order chi connectivity index (χ0) is 15.5. The molecule has 1 fully saturated rings. The van der Waals surface area contributed by atoms with E-state index in [0.29, 0.717) is 12.8 Å². The number of carbonyl (C=O) groups is 3. The van der Waals surface area contributed by atoms with Crippen LogP contribution in [0.1, 0.15) is 31.2 Å². The summed E-state index contributed by atoms with van der Waals surface area (Å²) >= 11 is 0. The van der Waals surface area contributed by atoms with Crippen LogP contribution in [0.2, 0.25) is 0 Å². The topological polar surface area (TPSA) is 109 Å². The zero-order valence-electron chi connectivity index (χ0n) is 11.5. The van der Waals surface area contributed by atoms with Crippen LogP contribution in [0.4, 0.5) is 0 Å². The van der Waals surface area contributed by atoms with Crippen LogP contribution in [0.3, 0.4) is 0 Å². The number of hydrogen-bond acceptors (Lipinski definition) is 3. The number of rotatable bonds is 6. The Labute approximate surface area is 122 Å². The molecule has 0 aromatic heterocycles. The molecular formula is C15H18N2O4. The minimum atomic E-state index is -1.28. The van der Waals surface area contributed by atoms with Gasteiger partial charge in [0.15, 0.2) is 0 Å². The number of nitrogens with two attached hydrogens (primary N) is 1. The fraction of sp³-hybridized carbons (Fsp3) is 0.400. The Bertz CT molecular complexity index is 552. The predicted octanol–water partition coefficient (Wildman–Crippen LogP) is 0.553. The second kappa shape index (κ2) is 5.95. The molecule has 4 N–H and O–H groups in total. The highest BCUT2D eigenvalue weighted by Gasteiger charge is 2.46. The first-order valence-electron chi connectivity index (χ1n) is 6.83. The van der Waals surface area contributed by atoms with Gasteiger partial charge in [-0.25, -0.2) is 4.79 Å². The van der Waals surface area contributed by atoms with Gasteiger partial charge in [0.05, 0.1) is 11.8 Å². The van der Waals surface area contributed by atoms with E-state index in [1.165, 1.54) is 0 Å². The van der Waals surface area contributed by atoms with Crippen LogP contribution in [-0.4, -0.2) is 28.9 Å². The van der Waals surface area contributed by atoms with Crippen molar-refractivity contribution in [3.8, 4) is 0 Å². The van der Waals surface area contributed by atoms with E-state index in [9.17, 15) is 14.4 Å². The Hall–Kier alpha value is -2.37. The molecule has 6 nitrogen and oxygen atoms in total. The van der Waals surface area contributed by atoms with Gasteiger partial charge in [0.1, 0.15) is 6.04 Å². The van der Waals surface area contributed by atoms with Crippen LogP contribution in [-0.2, 0) is 19.8 Å². The SMILES string of the molecule is NC(=O)C[C@H](NC(=O)C1(c2ccccc2)CCC1)C(=O)O. The van der Waals surface area contributed by atoms with Crippen LogP contribution in [0.15, 0.2) is 30.3 Å². The summed E-state index contributed by atoms with van der Waals surface area (Å²) in [4.78, 5) is 34.5. The summed E-state index contributed by atoms with van der Waals surface area (Å²) < 4.78 is 0. The lowest BCUT2D eigenvalue weighted by Crippen LogP contribution is -2.54. The van der Waals surface area contributed by atoms with Crippen molar-refractivity contribution < 1.29 is 19.5 Å². The monoisotopic (exact) mass is 290 g/mol. The Kier molecular flexibility index (Phi) is 4.26. The van der Waals surface area contributed by atoms with Gasteiger partial charge in [0.25, 0.3) is 0 Å². The molecule has 0 heterocycles. The first kappa shape index (κ1) is 15.0. The lowest BCUT2D eigenvalue weighted by Gasteiger charge is -2.41. The third-order valence-electron chi connectivity index (χ3n) is 3.98. The smallest absolute Gasteiger partial charge is 0.326 e. The van der Waals surface area contributed by atoms with Crippen molar-refractivity contribution >= 4 is 17.8 Å². The van der Waals surface area contributed by atoms with Crippen LogP contribution in [0, 0.1) is 0 Å². The summed E-state index contributed by atoms with van der Waals surface area (Å²) in [7, 11) is 0. The maximum absolute atomic E-state index is 12.5. The summed E-state index contributed by atoms with van der Waals surface area (Å²) in [5.41, 5.74) is 5.20. The van der Waals surface area contributed by atoms with Crippen LogP contribution < -0.4 is 11.1 Å². The number of carbonyl (C=O) groups excluding carboxylic acids is 2. The van der Waals surface area contributed by atoms with Crippen LogP contribution in [0.25, 0.3) is 0 Å². The summed E-state index contributed by atoms with van der Waals surface area (Å²) in [5, 5.41) is 11.5. The van der Waals surface area contributed by atoms with Crippen LogP contribution in [0.5, 0.6) is 0 Å². The molecule has 6 heteroatoms. The quantitative estimate of drug-likeness (QED) is 0.710. The van der Waals surface area contributed by atoms with E-state index < -0.39 is 29.8 Å². The van der Waals surface area contributed by atoms with Gasteiger partial charge in [-0.15, -0.1) is 0 Å². The summed E-state index contributed by atoms with van der Waals surface area (Å²) in [6, 6.07) is 8.00. The van der Waals surface area contributed by atoms with Crippen molar-refractivity contribution in [2.24, 2.45) is 5.73 Å². The van der Waals surface area contributed by atoms with Gasteiger partial charge >= 0.3 is 5.97 Å². The van der Waals surface area contributed by atoms with Crippen molar-refractivity contribution in [3.05, 3.63) is 35.9 Å². The van der Waals surface area contributed by atoms with Crippen molar-refractivity contribution in [1.29, 1.82) is 0 Å². The van der Waals surface area contributed by atoms with Crippen LogP contribution >= 0.6 is 0 Å². The summed E-state index contributed by atoms with van der Waals surface area (Å²) in [6.07, 6.45) is 1.85. The lowest BCUT2D eigenvalue weighted by molar-refractivity contribution is -0.145. The number of primary amides is 1. The molecule has 21 heavy (non-hydrogen) atoms. The first-order valence-corrected chi connectivity index (χ1v) is 6.83. The average Bonchev–Trinajstić information content (AvgIpc) is 2.37. The number of carboxylic acid groups (broad SMARTS) is 1. The molecule has 0 unspecified atom stereocenters. The van der Waals surface area contributed by atoms with Gasteiger partial charge in [-0.05, 0) is 18.4 Å². The highest BCUT2D eigenvalue weighted by atomic mass is 16.4. The number of amides is 2.